The summed E-state index contributed by atoms with van der Waals surface area (Å²) in [5.41, 5.74) is 2.42. The average molecular weight is 230 g/mol. The van der Waals surface area contributed by atoms with Crippen LogP contribution in [-0.2, 0) is 13.0 Å². The smallest absolute Gasteiger partial charge is 0.372 e. The van der Waals surface area contributed by atoms with Crippen LogP contribution in [-0.4, -0.2) is 20.6 Å². The van der Waals surface area contributed by atoms with Crippen LogP contribution in [0, 0.1) is 6.92 Å². The molecule has 0 bridgehead atoms. The highest BCUT2D eigenvalue weighted by Gasteiger charge is 2.09. The number of aromatic nitrogens is 2. The molecule has 0 radical (unpaired) electrons. The summed E-state index contributed by atoms with van der Waals surface area (Å²) in [6.45, 7) is 2.67. The third kappa shape index (κ3) is 2.72. The van der Waals surface area contributed by atoms with Crippen molar-refractivity contribution in [3.8, 4) is 0 Å². The molecule has 0 aliphatic rings. The molecule has 0 unspecified atom stereocenters. The van der Waals surface area contributed by atoms with Crippen molar-refractivity contribution in [1.82, 2.24) is 9.55 Å². The SMILES string of the molecule is Cc1ccc(CCn2ccnc2C(=O)O)cc1. The van der Waals surface area contributed by atoms with Crippen LogP contribution in [0.25, 0.3) is 0 Å². The van der Waals surface area contributed by atoms with Crippen LogP contribution in [0.3, 0.4) is 0 Å². The van der Waals surface area contributed by atoms with Gasteiger partial charge in [-0.3, -0.25) is 0 Å². The molecule has 1 aromatic heterocycles. The molecule has 0 aliphatic carbocycles. The van der Waals surface area contributed by atoms with Crippen molar-refractivity contribution in [1.29, 1.82) is 0 Å². The Labute approximate surface area is 99.5 Å². The van der Waals surface area contributed by atoms with E-state index in [0.29, 0.717) is 6.54 Å². The predicted molar refractivity (Wildman–Crippen MR) is 64.1 cm³/mol. The van der Waals surface area contributed by atoms with E-state index in [2.05, 4.69) is 29.2 Å². The fourth-order valence-corrected chi connectivity index (χ4v) is 1.69. The number of aryl methyl sites for hydroxylation is 3. The summed E-state index contributed by atoms with van der Waals surface area (Å²) >= 11 is 0. The summed E-state index contributed by atoms with van der Waals surface area (Å²) in [5, 5.41) is 8.90. The molecule has 4 nitrogen and oxygen atoms in total. The zero-order chi connectivity index (χ0) is 12.3. The lowest BCUT2D eigenvalue weighted by molar-refractivity contribution is 0.0678. The van der Waals surface area contributed by atoms with Crippen LogP contribution in [0.15, 0.2) is 36.7 Å². The number of nitrogens with zero attached hydrogens (tertiary/aromatic N) is 2. The van der Waals surface area contributed by atoms with Gasteiger partial charge in [-0.25, -0.2) is 9.78 Å². The lowest BCUT2D eigenvalue weighted by Crippen LogP contribution is -2.10. The highest BCUT2D eigenvalue weighted by atomic mass is 16.4. The van der Waals surface area contributed by atoms with Gasteiger partial charge in [0.25, 0.3) is 0 Å². The third-order valence-electron chi connectivity index (χ3n) is 2.67. The van der Waals surface area contributed by atoms with Gasteiger partial charge in [-0.1, -0.05) is 29.8 Å². The van der Waals surface area contributed by atoms with Gasteiger partial charge < -0.3 is 9.67 Å². The highest BCUT2D eigenvalue weighted by Crippen LogP contribution is 2.06. The maximum atomic E-state index is 10.9. The monoisotopic (exact) mass is 230 g/mol. The fourth-order valence-electron chi connectivity index (χ4n) is 1.69. The number of carboxylic acid groups (broad SMARTS) is 1. The highest BCUT2D eigenvalue weighted by molar-refractivity contribution is 5.83. The minimum absolute atomic E-state index is 0.0945. The van der Waals surface area contributed by atoms with E-state index in [1.807, 2.05) is 6.92 Å². The van der Waals surface area contributed by atoms with Crippen LogP contribution in [0.5, 0.6) is 0 Å². The Morgan fingerprint density at radius 1 is 1.35 bits per heavy atom. The van der Waals surface area contributed by atoms with Gasteiger partial charge >= 0.3 is 5.97 Å². The Hall–Kier alpha value is -2.10. The Bertz CT molecular complexity index is 514. The van der Waals surface area contributed by atoms with Gasteiger partial charge in [0.2, 0.25) is 5.82 Å². The van der Waals surface area contributed by atoms with E-state index >= 15 is 0 Å². The first-order valence-corrected chi connectivity index (χ1v) is 5.47. The van der Waals surface area contributed by atoms with E-state index in [4.69, 9.17) is 5.11 Å². The first kappa shape index (κ1) is 11.4. The second-order valence-electron chi connectivity index (χ2n) is 3.98. The van der Waals surface area contributed by atoms with Crippen LogP contribution >= 0.6 is 0 Å². The molecule has 1 N–H and O–H groups in total. The summed E-state index contributed by atoms with van der Waals surface area (Å²) in [6, 6.07) is 8.24. The number of carboxylic acids is 1. The standard InChI is InChI=1S/C13H14N2O2/c1-10-2-4-11(5-3-10)6-8-15-9-7-14-12(15)13(16)17/h2-5,7,9H,6,8H2,1H3,(H,16,17). The molecule has 0 atom stereocenters. The summed E-state index contributed by atoms with van der Waals surface area (Å²) < 4.78 is 1.65. The maximum Gasteiger partial charge on any atom is 0.372 e. The Kier molecular flexibility index (Phi) is 3.23. The van der Waals surface area contributed by atoms with E-state index in [9.17, 15) is 4.79 Å². The van der Waals surface area contributed by atoms with Crippen molar-refractivity contribution in [2.75, 3.05) is 0 Å². The lowest BCUT2D eigenvalue weighted by Gasteiger charge is -2.05. The molecule has 0 spiro atoms. The van der Waals surface area contributed by atoms with Crippen molar-refractivity contribution in [2.45, 2.75) is 19.9 Å². The number of benzene rings is 1. The molecule has 0 amide bonds. The van der Waals surface area contributed by atoms with Gasteiger partial charge in [0, 0.05) is 18.9 Å². The Morgan fingerprint density at radius 2 is 2.06 bits per heavy atom. The molecule has 2 rings (SSSR count). The zero-order valence-electron chi connectivity index (χ0n) is 9.63. The molecule has 0 aliphatic heterocycles. The van der Waals surface area contributed by atoms with Crippen LogP contribution in [0.1, 0.15) is 21.7 Å². The zero-order valence-corrected chi connectivity index (χ0v) is 9.63. The second kappa shape index (κ2) is 4.82. The molecule has 88 valence electrons. The van der Waals surface area contributed by atoms with Gasteiger partial charge in [0.15, 0.2) is 0 Å². The van der Waals surface area contributed by atoms with E-state index in [0.717, 1.165) is 6.42 Å². The molecule has 0 fully saturated rings. The molecule has 2 aromatic rings. The van der Waals surface area contributed by atoms with Crippen molar-refractivity contribution in [3.63, 3.8) is 0 Å². The molecular formula is C13H14N2O2. The quantitative estimate of drug-likeness (QED) is 0.875. The number of hydrogen-bond donors (Lipinski definition) is 1. The molecule has 1 heterocycles. The van der Waals surface area contributed by atoms with E-state index in [-0.39, 0.29) is 5.82 Å². The first-order valence-electron chi connectivity index (χ1n) is 5.47. The molecule has 4 heteroatoms. The van der Waals surface area contributed by atoms with Crippen LogP contribution < -0.4 is 0 Å². The summed E-state index contributed by atoms with van der Waals surface area (Å²) in [7, 11) is 0. The normalized spacial score (nSPS) is 10.4. The maximum absolute atomic E-state index is 10.9. The van der Waals surface area contributed by atoms with Gasteiger partial charge in [-0.05, 0) is 18.9 Å². The van der Waals surface area contributed by atoms with Gasteiger partial charge in [-0.15, -0.1) is 0 Å². The van der Waals surface area contributed by atoms with E-state index in [1.54, 1.807) is 10.8 Å². The van der Waals surface area contributed by atoms with E-state index < -0.39 is 5.97 Å². The number of carbonyl (C=O) groups is 1. The number of imidazole rings is 1. The summed E-state index contributed by atoms with van der Waals surface area (Å²) in [4.78, 5) is 14.7. The summed E-state index contributed by atoms with van der Waals surface area (Å²) in [5.74, 6) is -0.893. The molecule has 1 aromatic carbocycles. The molecule has 17 heavy (non-hydrogen) atoms. The Morgan fingerprint density at radius 3 is 2.71 bits per heavy atom. The summed E-state index contributed by atoms with van der Waals surface area (Å²) in [6.07, 6.45) is 4.01. The van der Waals surface area contributed by atoms with Crippen molar-refractivity contribution in [3.05, 3.63) is 53.6 Å². The number of hydrogen-bond acceptors (Lipinski definition) is 2. The topological polar surface area (TPSA) is 55.1 Å². The largest absolute Gasteiger partial charge is 0.475 e. The molecule has 0 saturated carbocycles. The number of aromatic carboxylic acids is 1. The Balaban J connectivity index is 2.05. The van der Waals surface area contributed by atoms with Gasteiger partial charge in [0.05, 0.1) is 0 Å². The third-order valence-corrected chi connectivity index (χ3v) is 2.67. The minimum atomic E-state index is -0.987. The first-order chi connectivity index (χ1) is 8.16. The fraction of sp³-hybridized carbons (Fsp3) is 0.231. The van der Waals surface area contributed by atoms with Crippen molar-refractivity contribution in [2.24, 2.45) is 0 Å². The van der Waals surface area contributed by atoms with Crippen LogP contribution in [0.2, 0.25) is 0 Å². The van der Waals surface area contributed by atoms with Crippen molar-refractivity contribution < 1.29 is 9.90 Å². The number of rotatable bonds is 4. The van der Waals surface area contributed by atoms with E-state index in [1.165, 1.54) is 17.3 Å². The molecule has 0 saturated heterocycles. The van der Waals surface area contributed by atoms with Gasteiger partial charge in [0.1, 0.15) is 0 Å². The second-order valence-corrected chi connectivity index (χ2v) is 3.98. The van der Waals surface area contributed by atoms with Gasteiger partial charge in [-0.2, -0.15) is 0 Å². The minimum Gasteiger partial charge on any atom is -0.475 e. The van der Waals surface area contributed by atoms with Crippen LogP contribution in [0.4, 0.5) is 0 Å². The molecular weight excluding hydrogens is 216 g/mol. The average Bonchev–Trinajstić information content (AvgIpc) is 2.76. The lowest BCUT2D eigenvalue weighted by atomic mass is 10.1. The van der Waals surface area contributed by atoms with Crippen molar-refractivity contribution >= 4 is 5.97 Å². The predicted octanol–water partition coefficient (Wildman–Crippen LogP) is 2.13.